The summed E-state index contributed by atoms with van der Waals surface area (Å²) in [6, 6.07) is 0. The number of hydrogen-bond donors (Lipinski definition) is 3. The van der Waals surface area contributed by atoms with Gasteiger partial charge in [0.25, 0.3) is 0 Å². The van der Waals surface area contributed by atoms with Crippen LogP contribution in [0.5, 0.6) is 0 Å². The minimum absolute atomic E-state index is 0.0896. The van der Waals surface area contributed by atoms with Gasteiger partial charge in [-0.2, -0.15) is 0 Å². The topological polar surface area (TPSA) is 94.8 Å². The summed E-state index contributed by atoms with van der Waals surface area (Å²) in [4.78, 5) is 21.7. The summed E-state index contributed by atoms with van der Waals surface area (Å²) in [7, 11) is 0. The third kappa shape index (κ3) is 3.96. The van der Waals surface area contributed by atoms with Crippen LogP contribution in [0.25, 0.3) is 0 Å². The highest BCUT2D eigenvalue weighted by Crippen LogP contribution is 2.37. The third-order valence-corrected chi connectivity index (χ3v) is 3.80. The number of halogens is 1. The molecule has 1 rings (SSSR count). The maximum Gasteiger partial charge on any atom is 0.331 e. The fourth-order valence-corrected chi connectivity index (χ4v) is 1.72. The number of carboxylic acids is 2. The van der Waals surface area contributed by atoms with Crippen molar-refractivity contribution in [3.8, 4) is 0 Å². The highest BCUT2D eigenvalue weighted by molar-refractivity contribution is 9.10. The molecule has 1 aliphatic carbocycles. The van der Waals surface area contributed by atoms with Crippen molar-refractivity contribution in [1.29, 1.82) is 0 Å². The predicted molar refractivity (Wildman–Crippen MR) is 70.7 cm³/mol. The van der Waals surface area contributed by atoms with Gasteiger partial charge in [0.1, 0.15) is 4.32 Å². The molecule has 0 fully saturated rings. The second kappa shape index (κ2) is 7.33. The summed E-state index contributed by atoms with van der Waals surface area (Å²) in [6.07, 6.45) is 5.16. The van der Waals surface area contributed by atoms with Crippen molar-refractivity contribution in [2.45, 2.75) is 24.6 Å². The summed E-state index contributed by atoms with van der Waals surface area (Å²) in [5.74, 6) is -2.79. The van der Waals surface area contributed by atoms with E-state index in [-0.39, 0.29) is 5.57 Å². The number of rotatable bonds is 3. The average molecular weight is 321 g/mol. The van der Waals surface area contributed by atoms with Gasteiger partial charge in [-0.3, -0.25) is 4.79 Å². The zero-order valence-electron chi connectivity index (χ0n) is 10.3. The molecule has 0 aromatic carbocycles. The standard InChI is InChI=1S/C9H9BrO4.C3H8O/c1-5-6(7(11)12)3-2-4-9(5,10)8(13)14;1-2-3-4/h2-5H,1H3,(H,11,12)(H,13,14);4H,2-3H2,1H3/t5-,9?;/m1./s1. The molecule has 5 nitrogen and oxygen atoms in total. The lowest BCUT2D eigenvalue weighted by Gasteiger charge is -2.29. The number of carbonyl (C=O) groups is 2. The van der Waals surface area contributed by atoms with E-state index in [0.717, 1.165) is 6.42 Å². The summed E-state index contributed by atoms with van der Waals surface area (Å²) in [5.41, 5.74) is 0.0896. The van der Waals surface area contributed by atoms with E-state index in [2.05, 4.69) is 15.9 Å². The van der Waals surface area contributed by atoms with Crippen molar-refractivity contribution in [2.75, 3.05) is 6.61 Å². The smallest absolute Gasteiger partial charge is 0.331 e. The molecule has 0 amide bonds. The molecule has 1 unspecified atom stereocenters. The molecule has 0 bridgehead atoms. The lowest BCUT2D eigenvalue weighted by molar-refractivity contribution is -0.139. The number of hydrogen-bond acceptors (Lipinski definition) is 3. The van der Waals surface area contributed by atoms with E-state index in [4.69, 9.17) is 15.3 Å². The zero-order chi connectivity index (χ0) is 14.3. The predicted octanol–water partition coefficient (Wildman–Crippen LogP) is 1.81. The number of carboxylic acid groups (broad SMARTS) is 2. The van der Waals surface area contributed by atoms with Crippen LogP contribution in [-0.2, 0) is 9.59 Å². The Hall–Kier alpha value is -1.14. The van der Waals surface area contributed by atoms with Crippen molar-refractivity contribution in [3.63, 3.8) is 0 Å². The van der Waals surface area contributed by atoms with E-state index in [1.807, 2.05) is 6.92 Å². The van der Waals surface area contributed by atoms with Gasteiger partial charge in [0.15, 0.2) is 0 Å². The molecule has 0 aromatic rings. The van der Waals surface area contributed by atoms with Gasteiger partial charge in [0, 0.05) is 18.1 Å². The van der Waals surface area contributed by atoms with Gasteiger partial charge < -0.3 is 15.3 Å². The van der Waals surface area contributed by atoms with Crippen molar-refractivity contribution < 1.29 is 24.9 Å². The van der Waals surface area contributed by atoms with Crippen LogP contribution >= 0.6 is 15.9 Å². The van der Waals surface area contributed by atoms with Gasteiger partial charge >= 0.3 is 11.9 Å². The van der Waals surface area contributed by atoms with Gasteiger partial charge in [-0.1, -0.05) is 48.0 Å². The molecule has 6 heteroatoms. The summed E-state index contributed by atoms with van der Waals surface area (Å²) in [6.45, 7) is 3.81. The third-order valence-electron chi connectivity index (χ3n) is 2.51. The van der Waals surface area contributed by atoms with Crippen LogP contribution in [0.1, 0.15) is 20.3 Å². The van der Waals surface area contributed by atoms with Crippen LogP contribution in [0.3, 0.4) is 0 Å². The Kier molecular flexibility index (Phi) is 6.86. The van der Waals surface area contributed by atoms with E-state index >= 15 is 0 Å². The lowest BCUT2D eigenvalue weighted by atomic mass is 9.83. The van der Waals surface area contributed by atoms with E-state index in [1.165, 1.54) is 18.2 Å². The molecule has 18 heavy (non-hydrogen) atoms. The van der Waals surface area contributed by atoms with Crippen LogP contribution in [-0.4, -0.2) is 38.2 Å². The first-order valence-corrected chi connectivity index (χ1v) is 6.26. The Bertz CT molecular complexity index is 373. The first-order chi connectivity index (χ1) is 8.31. The fourth-order valence-electron chi connectivity index (χ4n) is 1.32. The Morgan fingerprint density at radius 3 is 2.28 bits per heavy atom. The summed E-state index contributed by atoms with van der Waals surface area (Å²) >= 11 is 3.04. The van der Waals surface area contributed by atoms with Gasteiger partial charge in [0.05, 0.1) is 0 Å². The van der Waals surface area contributed by atoms with Crippen molar-refractivity contribution >= 4 is 27.9 Å². The Balaban J connectivity index is 0.000000631. The number of aliphatic hydroxyl groups is 1. The normalized spacial score (nSPS) is 25.8. The van der Waals surface area contributed by atoms with Crippen LogP contribution in [0.15, 0.2) is 23.8 Å². The maximum absolute atomic E-state index is 10.9. The average Bonchev–Trinajstić information content (AvgIpc) is 2.32. The monoisotopic (exact) mass is 320 g/mol. The minimum Gasteiger partial charge on any atom is -0.480 e. The number of aliphatic hydroxyl groups excluding tert-OH is 1. The van der Waals surface area contributed by atoms with Crippen LogP contribution in [0, 0.1) is 5.92 Å². The fraction of sp³-hybridized carbons (Fsp3) is 0.500. The lowest BCUT2D eigenvalue weighted by Crippen LogP contribution is -2.40. The second-order valence-corrected chi connectivity index (χ2v) is 5.12. The summed E-state index contributed by atoms with van der Waals surface area (Å²) < 4.78 is -1.31. The second-order valence-electron chi connectivity index (χ2n) is 3.80. The molecule has 102 valence electrons. The molecule has 0 aliphatic heterocycles. The number of alkyl halides is 1. The number of allylic oxidation sites excluding steroid dienone is 2. The maximum atomic E-state index is 10.9. The molecule has 0 aromatic heterocycles. The first-order valence-electron chi connectivity index (χ1n) is 5.47. The van der Waals surface area contributed by atoms with E-state index in [9.17, 15) is 9.59 Å². The number of aliphatic carboxylic acids is 2. The van der Waals surface area contributed by atoms with Gasteiger partial charge in [-0.05, 0) is 6.42 Å². The molecular weight excluding hydrogens is 304 g/mol. The zero-order valence-corrected chi connectivity index (χ0v) is 11.8. The highest BCUT2D eigenvalue weighted by atomic mass is 79.9. The minimum atomic E-state index is -1.31. The molecule has 0 spiro atoms. The molecule has 0 heterocycles. The molecule has 0 radical (unpaired) electrons. The van der Waals surface area contributed by atoms with E-state index in [0.29, 0.717) is 6.61 Å². The molecule has 0 saturated carbocycles. The molecule has 1 aliphatic rings. The molecule has 3 N–H and O–H groups in total. The van der Waals surface area contributed by atoms with Crippen molar-refractivity contribution in [3.05, 3.63) is 23.8 Å². The Labute approximate surface area is 114 Å². The SMILES string of the molecule is CCCO.C[C@@H]1C(C(=O)O)=CC=CC1(Br)C(=O)O. The highest BCUT2D eigenvalue weighted by Gasteiger charge is 2.43. The van der Waals surface area contributed by atoms with Crippen molar-refractivity contribution in [2.24, 2.45) is 5.92 Å². The Morgan fingerprint density at radius 1 is 1.44 bits per heavy atom. The largest absolute Gasteiger partial charge is 0.480 e. The molecular formula is C12H17BrO5. The molecule has 2 atom stereocenters. The van der Waals surface area contributed by atoms with Crippen LogP contribution in [0.2, 0.25) is 0 Å². The van der Waals surface area contributed by atoms with E-state index in [1.54, 1.807) is 6.92 Å². The first kappa shape index (κ1) is 16.9. The van der Waals surface area contributed by atoms with Crippen LogP contribution < -0.4 is 0 Å². The van der Waals surface area contributed by atoms with Crippen molar-refractivity contribution in [1.82, 2.24) is 0 Å². The Morgan fingerprint density at radius 2 is 1.94 bits per heavy atom. The molecule has 0 saturated heterocycles. The van der Waals surface area contributed by atoms with Gasteiger partial charge in [-0.25, -0.2) is 4.79 Å². The quantitative estimate of drug-likeness (QED) is 0.689. The van der Waals surface area contributed by atoms with Gasteiger partial charge in [0.2, 0.25) is 0 Å². The van der Waals surface area contributed by atoms with E-state index < -0.39 is 22.2 Å². The van der Waals surface area contributed by atoms with Crippen LogP contribution in [0.4, 0.5) is 0 Å². The summed E-state index contributed by atoms with van der Waals surface area (Å²) in [5, 5.41) is 25.6. The van der Waals surface area contributed by atoms with Gasteiger partial charge in [-0.15, -0.1) is 0 Å².